The summed E-state index contributed by atoms with van der Waals surface area (Å²) in [4.78, 5) is 4.11. The minimum atomic E-state index is 0.247. The first-order valence-corrected chi connectivity index (χ1v) is 6.92. The van der Waals surface area contributed by atoms with E-state index >= 15 is 0 Å². The van der Waals surface area contributed by atoms with Crippen molar-refractivity contribution in [2.75, 3.05) is 5.43 Å². The molecule has 19 heavy (non-hydrogen) atoms. The fraction of sp³-hybridized carbons (Fsp3) is 0.429. The van der Waals surface area contributed by atoms with E-state index in [9.17, 15) is 0 Å². The first kappa shape index (κ1) is 14.4. The Labute approximate surface area is 123 Å². The minimum Gasteiger partial charge on any atom is -0.260 e. The van der Waals surface area contributed by atoms with Crippen molar-refractivity contribution in [3.8, 4) is 0 Å². The van der Waals surface area contributed by atoms with E-state index in [1.54, 1.807) is 12.3 Å². The van der Waals surface area contributed by atoms with Crippen molar-refractivity contribution < 1.29 is 0 Å². The van der Waals surface area contributed by atoms with Crippen LogP contribution in [-0.4, -0.2) is 10.7 Å². The van der Waals surface area contributed by atoms with Crippen molar-refractivity contribution in [3.63, 3.8) is 0 Å². The van der Waals surface area contributed by atoms with Crippen molar-refractivity contribution in [1.29, 1.82) is 0 Å². The van der Waals surface area contributed by atoms with Crippen LogP contribution in [0.25, 0.3) is 0 Å². The Morgan fingerprint density at radius 2 is 2.05 bits per heavy atom. The SMILES string of the molecule is CC1=C/C(=N\Nc2ncc(Cl)cc2Cl)CC(C)(C)C1. The molecule has 1 aliphatic rings. The number of nitrogens with zero attached hydrogens (tertiary/aromatic N) is 2. The maximum absolute atomic E-state index is 6.04. The third-order valence-electron chi connectivity index (χ3n) is 2.94. The zero-order chi connectivity index (χ0) is 14.0. The molecular formula is C14H17Cl2N3. The zero-order valence-corrected chi connectivity index (χ0v) is 12.8. The van der Waals surface area contributed by atoms with Crippen LogP contribution in [-0.2, 0) is 0 Å². The van der Waals surface area contributed by atoms with Crippen molar-refractivity contribution in [3.05, 3.63) is 34.0 Å². The highest BCUT2D eigenvalue weighted by atomic mass is 35.5. The fourth-order valence-corrected chi connectivity index (χ4v) is 2.81. The Morgan fingerprint density at radius 3 is 2.68 bits per heavy atom. The summed E-state index contributed by atoms with van der Waals surface area (Å²) in [7, 11) is 0. The summed E-state index contributed by atoms with van der Waals surface area (Å²) in [5.74, 6) is 0.521. The van der Waals surface area contributed by atoms with Gasteiger partial charge in [0.15, 0.2) is 5.82 Å². The maximum atomic E-state index is 6.04. The summed E-state index contributed by atoms with van der Waals surface area (Å²) in [6.45, 7) is 6.61. The lowest BCUT2D eigenvalue weighted by Crippen LogP contribution is -2.22. The van der Waals surface area contributed by atoms with Gasteiger partial charge in [-0.1, -0.05) is 42.6 Å². The summed E-state index contributed by atoms with van der Waals surface area (Å²) in [5, 5.41) is 5.37. The molecule has 0 amide bonds. The number of aromatic nitrogens is 1. The molecule has 0 radical (unpaired) electrons. The van der Waals surface area contributed by atoms with Gasteiger partial charge in [0.2, 0.25) is 0 Å². The van der Waals surface area contributed by atoms with Crippen LogP contribution in [0.15, 0.2) is 29.0 Å². The Kier molecular flexibility index (Phi) is 4.16. The van der Waals surface area contributed by atoms with Gasteiger partial charge in [-0.2, -0.15) is 5.10 Å². The predicted octanol–water partition coefficient (Wildman–Crippen LogP) is 4.92. The molecule has 0 saturated heterocycles. The van der Waals surface area contributed by atoms with Gasteiger partial charge < -0.3 is 0 Å². The van der Waals surface area contributed by atoms with Gasteiger partial charge in [-0.3, -0.25) is 5.43 Å². The predicted molar refractivity (Wildman–Crippen MR) is 82.1 cm³/mol. The number of rotatable bonds is 2. The summed E-state index contributed by atoms with van der Waals surface area (Å²) >= 11 is 11.8. The van der Waals surface area contributed by atoms with Crippen LogP contribution >= 0.6 is 23.2 Å². The Balaban J connectivity index is 2.16. The Hall–Kier alpha value is -1.06. The third-order valence-corrected chi connectivity index (χ3v) is 3.44. The average Bonchev–Trinajstić information content (AvgIpc) is 2.25. The minimum absolute atomic E-state index is 0.247. The lowest BCUT2D eigenvalue weighted by atomic mass is 9.77. The fourth-order valence-electron chi connectivity index (χ4n) is 2.39. The van der Waals surface area contributed by atoms with Gasteiger partial charge in [0.25, 0.3) is 0 Å². The molecule has 0 saturated carbocycles. The normalized spacial score (nSPS) is 20.3. The third kappa shape index (κ3) is 3.95. The molecule has 0 fully saturated rings. The van der Waals surface area contributed by atoms with Crippen LogP contribution in [0.5, 0.6) is 0 Å². The van der Waals surface area contributed by atoms with E-state index in [-0.39, 0.29) is 5.41 Å². The van der Waals surface area contributed by atoms with Gasteiger partial charge in [-0.15, -0.1) is 0 Å². The highest BCUT2D eigenvalue weighted by molar-refractivity contribution is 6.35. The molecule has 102 valence electrons. The molecule has 5 heteroatoms. The average molecular weight is 298 g/mol. The quantitative estimate of drug-likeness (QED) is 0.787. The first-order valence-electron chi connectivity index (χ1n) is 6.16. The zero-order valence-electron chi connectivity index (χ0n) is 11.3. The molecule has 1 aromatic rings. The van der Waals surface area contributed by atoms with Crippen molar-refractivity contribution in [2.24, 2.45) is 10.5 Å². The summed E-state index contributed by atoms with van der Waals surface area (Å²) < 4.78 is 0. The second kappa shape index (κ2) is 5.51. The highest BCUT2D eigenvalue weighted by Gasteiger charge is 2.24. The summed E-state index contributed by atoms with van der Waals surface area (Å²) in [6, 6.07) is 1.64. The molecule has 0 bridgehead atoms. The molecular weight excluding hydrogens is 281 g/mol. The molecule has 0 aliphatic heterocycles. The van der Waals surface area contributed by atoms with E-state index in [1.807, 2.05) is 0 Å². The molecule has 0 spiro atoms. The number of allylic oxidation sites excluding steroid dienone is 2. The number of hydrogen-bond acceptors (Lipinski definition) is 3. The van der Waals surface area contributed by atoms with Crippen LogP contribution in [0.1, 0.15) is 33.6 Å². The van der Waals surface area contributed by atoms with Crippen LogP contribution in [0.2, 0.25) is 10.0 Å². The van der Waals surface area contributed by atoms with Gasteiger partial charge in [-0.25, -0.2) is 4.98 Å². The maximum Gasteiger partial charge on any atom is 0.165 e. The Bertz CT molecular complexity index is 548. The monoisotopic (exact) mass is 297 g/mol. The summed E-state index contributed by atoms with van der Waals surface area (Å²) in [5.41, 5.74) is 5.51. The molecule has 0 atom stereocenters. The van der Waals surface area contributed by atoms with Crippen LogP contribution in [0, 0.1) is 5.41 Å². The molecule has 3 nitrogen and oxygen atoms in total. The molecule has 0 unspecified atom stereocenters. The van der Waals surface area contributed by atoms with E-state index in [0.717, 1.165) is 18.6 Å². The first-order chi connectivity index (χ1) is 8.85. The number of hydrogen-bond donors (Lipinski definition) is 1. The molecule has 1 N–H and O–H groups in total. The summed E-state index contributed by atoms with van der Waals surface area (Å²) in [6.07, 6.45) is 5.69. The smallest absolute Gasteiger partial charge is 0.165 e. The van der Waals surface area contributed by atoms with E-state index < -0.39 is 0 Å². The van der Waals surface area contributed by atoms with Crippen molar-refractivity contribution >= 4 is 34.7 Å². The lowest BCUT2D eigenvalue weighted by molar-refractivity contribution is 0.373. The molecule has 0 aromatic carbocycles. The van der Waals surface area contributed by atoms with E-state index in [1.165, 1.54) is 5.57 Å². The van der Waals surface area contributed by atoms with Gasteiger partial charge in [-0.05, 0) is 37.3 Å². The number of anilines is 1. The lowest BCUT2D eigenvalue weighted by Gasteiger charge is -2.29. The van der Waals surface area contributed by atoms with Gasteiger partial charge >= 0.3 is 0 Å². The van der Waals surface area contributed by atoms with Crippen LogP contribution in [0.4, 0.5) is 5.82 Å². The highest BCUT2D eigenvalue weighted by Crippen LogP contribution is 2.33. The number of nitrogens with one attached hydrogen (secondary N) is 1. The van der Waals surface area contributed by atoms with E-state index in [2.05, 4.69) is 42.4 Å². The van der Waals surface area contributed by atoms with Gasteiger partial charge in [0.1, 0.15) is 0 Å². The molecule has 1 heterocycles. The molecule has 1 aromatic heterocycles. The molecule has 2 rings (SSSR count). The second-order valence-corrected chi connectivity index (χ2v) is 6.55. The van der Waals surface area contributed by atoms with E-state index in [0.29, 0.717) is 15.9 Å². The topological polar surface area (TPSA) is 37.3 Å². The second-order valence-electron chi connectivity index (χ2n) is 5.71. The van der Waals surface area contributed by atoms with Crippen molar-refractivity contribution in [2.45, 2.75) is 33.6 Å². The largest absolute Gasteiger partial charge is 0.260 e. The number of halogens is 2. The molecule has 1 aliphatic carbocycles. The van der Waals surface area contributed by atoms with Crippen LogP contribution < -0.4 is 5.43 Å². The standard InChI is InChI=1S/C14H17Cl2N3/c1-9-4-11(7-14(2,3)6-9)18-19-13-12(16)5-10(15)8-17-13/h4-5,8H,6-7H2,1-3H3,(H,17,19)/b18-11+. The van der Waals surface area contributed by atoms with Crippen molar-refractivity contribution in [1.82, 2.24) is 4.98 Å². The Morgan fingerprint density at radius 1 is 1.32 bits per heavy atom. The number of hydrazone groups is 1. The van der Waals surface area contributed by atoms with E-state index in [4.69, 9.17) is 23.2 Å². The van der Waals surface area contributed by atoms with Gasteiger partial charge in [0.05, 0.1) is 15.8 Å². The van der Waals surface area contributed by atoms with Gasteiger partial charge in [0, 0.05) is 6.20 Å². The number of pyridine rings is 1. The van der Waals surface area contributed by atoms with Crippen LogP contribution in [0.3, 0.4) is 0 Å².